The minimum atomic E-state index is -0.268. The maximum Gasteiger partial charge on any atom is 0.228 e. The van der Waals surface area contributed by atoms with Gasteiger partial charge in [-0.25, -0.2) is 0 Å². The summed E-state index contributed by atoms with van der Waals surface area (Å²) in [4.78, 5) is 32.2. The standard InChI is InChI=1S/C26H33N3O3/c1-4-19(2)23-10-5-6-11-24(23)29-18-20(16-25(29)30)26(31)28-14-12-27(13-15-28)21-8-7-9-22(17-21)32-3/h5-11,17,19-20H,4,12-16,18H2,1-3H3/t19-,20-/m1/s1. The normalized spacial score (nSPS) is 19.9. The quantitative estimate of drug-likeness (QED) is 0.690. The molecule has 2 aromatic rings. The highest BCUT2D eigenvalue weighted by molar-refractivity contribution is 6.01. The van der Waals surface area contributed by atoms with Gasteiger partial charge < -0.3 is 19.4 Å². The van der Waals surface area contributed by atoms with Gasteiger partial charge >= 0.3 is 0 Å². The summed E-state index contributed by atoms with van der Waals surface area (Å²) in [5.74, 6) is 1.10. The fourth-order valence-electron chi connectivity index (χ4n) is 4.73. The number of hydrogen-bond acceptors (Lipinski definition) is 4. The summed E-state index contributed by atoms with van der Waals surface area (Å²) in [7, 11) is 1.67. The van der Waals surface area contributed by atoms with E-state index in [0.717, 1.165) is 36.6 Å². The third-order valence-electron chi connectivity index (χ3n) is 6.85. The summed E-state index contributed by atoms with van der Waals surface area (Å²) < 4.78 is 5.33. The van der Waals surface area contributed by atoms with Gasteiger partial charge in [0.2, 0.25) is 11.8 Å². The van der Waals surface area contributed by atoms with Crippen molar-refractivity contribution in [2.24, 2.45) is 5.92 Å². The van der Waals surface area contributed by atoms with Crippen LogP contribution in [0.15, 0.2) is 48.5 Å². The minimum absolute atomic E-state index is 0.0501. The second kappa shape index (κ2) is 9.63. The number of amides is 2. The Bertz CT molecular complexity index is 968. The lowest BCUT2D eigenvalue weighted by Crippen LogP contribution is -2.50. The molecular weight excluding hydrogens is 402 g/mol. The first-order valence-corrected chi connectivity index (χ1v) is 11.6. The Balaban J connectivity index is 1.40. The number of methoxy groups -OCH3 is 1. The van der Waals surface area contributed by atoms with Crippen molar-refractivity contribution in [1.29, 1.82) is 0 Å². The second-order valence-electron chi connectivity index (χ2n) is 8.79. The fourth-order valence-corrected chi connectivity index (χ4v) is 4.73. The van der Waals surface area contributed by atoms with E-state index in [2.05, 4.69) is 30.9 Å². The maximum absolute atomic E-state index is 13.2. The van der Waals surface area contributed by atoms with Crippen LogP contribution < -0.4 is 14.5 Å². The minimum Gasteiger partial charge on any atom is -0.497 e. The number of nitrogens with zero attached hydrogens (tertiary/aromatic N) is 3. The molecular formula is C26H33N3O3. The summed E-state index contributed by atoms with van der Waals surface area (Å²) in [6.07, 6.45) is 1.31. The van der Waals surface area contributed by atoms with Gasteiger partial charge in [0.15, 0.2) is 0 Å². The third kappa shape index (κ3) is 4.45. The fraction of sp³-hybridized carbons (Fsp3) is 0.462. The van der Waals surface area contributed by atoms with E-state index in [1.165, 1.54) is 5.56 Å². The van der Waals surface area contributed by atoms with Gasteiger partial charge in [0, 0.05) is 56.6 Å². The van der Waals surface area contributed by atoms with Crippen LogP contribution in [0.25, 0.3) is 0 Å². The molecule has 2 saturated heterocycles. The Morgan fingerprint density at radius 3 is 2.56 bits per heavy atom. The Morgan fingerprint density at radius 1 is 1.09 bits per heavy atom. The number of carbonyl (C=O) groups is 2. The predicted octanol–water partition coefficient (Wildman–Crippen LogP) is 3.91. The van der Waals surface area contributed by atoms with Crippen molar-refractivity contribution in [2.45, 2.75) is 32.6 Å². The highest BCUT2D eigenvalue weighted by Crippen LogP contribution is 2.34. The van der Waals surface area contributed by atoms with E-state index in [0.29, 0.717) is 32.0 Å². The summed E-state index contributed by atoms with van der Waals surface area (Å²) in [5.41, 5.74) is 3.26. The maximum atomic E-state index is 13.2. The van der Waals surface area contributed by atoms with Crippen LogP contribution in [0, 0.1) is 5.92 Å². The van der Waals surface area contributed by atoms with Crippen molar-refractivity contribution in [3.8, 4) is 5.75 Å². The van der Waals surface area contributed by atoms with E-state index in [1.807, 2.05) is 46.2 Å². The van der Waals surface area contributed by atoms with Crippen LogP contribution in [0.5, 0.6) is 5.75 Å². The zero-order valence-electron chi connectivity index (χ0n) is 19.3. The highest BCUT2D eigenvalue weighted by Gasteiger charge is 2.38. The number of para-hydroxylation sites is 1. The van der Waals surface area contributed by atoms with E-state index in [1.54, 1.807) is 7.11 Å². The zero-order chi connectivity index (χ0) is 22.7. The van der Waals surface area contributed by atoms with Crippen LogP contribution in [0.2, 0.25) is 0 Å². The first-order valence-electron chi connectivity index (χ1n) is 11.6. The first-order chi connectivity index (χ1) is 15.5. The molecule has 0 unspecified atom stereocenters. The Hall–Kier alpha value is -3.02. The Morgan fingerprint density at radius 2 is 1.84 bits per heavy atom. The molecule has 170 valence electrons. The monoisotopic (exact) mass is 435 g/mol. The van der Waals surface area contributed by atoms with Crippen LogP contribution in [-0.4, -0.2) is 56.5 Å². The molecule has 0 N–H and O–H groups in total. The molecule has 2 aliphatic heterocycles. The lowest BCUT2D eigenvalue weighted by molar-refractivity contribution is -0.136. The largest absolute Gasteiger partial charge is 0.497 e. The van der Waals surface area contributed by atoms with Crippen LogP contribution in [-0.2, 0) is 9.59 Å². The van der Waals surface area contributed by atoms with Gasteiger partial charge in [-0.1, -0.05) is 38.1 Å². The van der Waals surface area contributed by atoms with Crippen molar-refractivity contribution in [2.75, 3.05) is 49.6 Å². The van der Waals surface area contributed by atoms with Gasteiger partial charge in [0.1, 0.15) is 5.75 Å². The van der Waals surface area contributed by atoms with E-state index >= 15 is 0 Å². The molecule has 6 heteroatoms. The van der Waals surface area contributed by atoms with Crippen molar-refractivity contribution in [1.82, 2.24) is 4.90 Å². The number of hydrogen-bond donors (Lipinski definition) is 0. The Kier molecular flexibility index (Phi) is 6.68. The number of anilines is 2. The average Bonchev–Trinajstić information content (AvgIpc) is 3.24. The number of ether oxygens (including phenoxy) is 1. The van der Waals surface area contributed by atoms with Crippen molar-refractivity contribution < 1.29 is 14.3 Å². The van der Waals surface area contributed by atoms with Crippen LogP contribution in [0.4, 0.5) is 11.4 Å². The van der Waals surface area contributed by atoms with E-state index < -0.39 is 0 Å². The predicted molar refractivity (Wildman–Crippen MR) is 127 cm³/mol. The van der Waals surface area contributed by atoms with Crippen LogP contribution in [0.1, 0.15) is 38.2 Å². The summed E-state index contributed by atoms with van der Waals surface area (Å²) >= 11 is 0. The average molecular weight is 436 g/mol. The molecule has 2 aliphatic rings. The molecule has 0 aliphatic carbocycles. The summed E-state index contributed by atoms with van der Waals surface area (Å²) in [6.45, 7) is 7.71. The van der Waals surface area contributed by atoms with Gasteiger partial charge in [-0.3, -0.25) is 9.59 Å². The molecule has 32 heavy (non-hydrogen) atoms. The number of piperazine rings is 1. The molecule has 2 heterocycles. The van der Waals surface area contributed by atoms with E-state index in [4.69, 9.17) is 4.74 Å². The molecule has 0 spiro atoms. The van der Waals surface area contributed by atoms with E-state index in [-0.39, 0.29) is 17.7 Å². The highest BCUT2D eigenvalue weighted by atomic mass is 16.5. The summed E-state index contributed by atoms with van der Waals surface area (Å²) in [6, 6.07) is 16.1. The smallest absolute Gasteiger partial charge is 0.228 e. The molecule has 4 rings (SSSR count). The van der Waals surface area contributed by atoms with Gasteiger partial charge in [-0.05, 0) is 36.1 Å². The Labute approximate surface area is 190 Å². The first kappa shape index (κ1) is 22.2. The van der Waals surface area contributed by atoms with Gasteiger partial charge in [0.05, 0.1) is 13.0 Å². The molecule has 0 radical (unpaired) electrons. The number of carbonyl (C=O) groups excluding carboxylic acids is 2. The molecule has 2 fully saturated rings. The second-order valence-corrected chi connectivity index (χ2v) is 8.79. The molecule has 0 aromatic heterocycles. The van der Waals surface area contributed by atoms with Crippen molar-refractivity contribution in [3.05, 3.63) is 54.1 Å². The lowest BCUT2D eigenvalue weighted by atomic mass is 9.96. The summed E-state index contributed by atoms with van der Waals surface area (Å²) in [5, 5.41) is 0. The van der Waals surface area contributed by atoms with Crippen molar-refractivity contribution >= 4 is 23.2 Å². The lowest BCUT2D eigenvalue weighted by Gasteiger charge is -2.37. The SMILES string of the molecule is CC[C@@H](C)c1ccccc1N1C[C@H](C(=O)N2CCN(c3cccc(OC)c3)CC2)CC1=O. The molecule has 2 aromatic carbocycles. The number of rotatable bonds is 6. The molecule has 6 nitrogen and oxygen atoms in total. The van der Waals surface area contributed by atoms with Gasteiger partial charge in [-0.15, -0.1) is 0 Å². The topological polar surface area (TPSA) is 53.1 Å². The third-order valence-corrected chi connectivity index (χ3v) is 6.85. The van der Waals surface area contributed by atoms with Gasteiger partial charge in [-0.2, -0.15) is 0 Å². The molecule has 2 atom stereocenters. The molecule has 0 bridgehead atoms. The van der Waals surface area contributed by atoms with Crippen LogP contribution >= 0.6 is 0 Å². The van der Waals surface area contributed by atoms with Crippen molar-refractivity contribution in [3.63, 3.8) is 0 Å². The number of benzene rings is 2. The van der Waals surface area contributed by atoms with E-state index in [9.17, 15) is 9.59 Å². The molecule has 0 saturated carbocycles. The van der Waals surface area contributed by atoms with Crippen LogP contribution in [0.3, 0.4) is 0 Å². The van der Waals surface area contributed by atoms with Gasteiger partial charge in [0.25, 0.3) is 0 Å². The zero-order valence-corrected chi connectivity index (χ0v) is 19.3. The molecule has 2 amide bonds.